The summed E-state index contributed by atoms with van der Waals surface area (Å²) in [7, 11) is -3.58. The zero-order valence-electron chi connectivity index (χ0n) is 19.7. The van der Waals surface area contributed by atoms with Gasteiger partial charge in [0.15, 0.2) is 0 Å². The van der Waals surface area contributed by atoms with Gasteiger partial charge >= 0.3 is 6.03 Å². The van der Waals surface area contributed by atoms with E-state index < -0.39 is 22.1 Å². The van der Waals surface area contributed by atoms with E-state index in [1.807, 2.05) is 47.4 Å². The molecule has 9 heteroatoms. The van der Waals surface area contributed by atoms with Crippen LogP contribution in [0.4, 0.5) is 4.79 Å². The van der Waals surface area contributed by atoms with Gasteiger partial charge in [-0.05, 0) is 35.6 Å². The first-order valence-corrected chi connectivity index (χ1v) is 13.2. The van der Waals surface area contributed by atoms with Gasteiger partial charge in [-0.15, -0.1) is 0 Å². The van der Waals surface area contributed by atoms with E-state index in [4.69, 9.17) is 0 Å². The molecular weight excluding hydrogens is 452 g/mol. The number of amides is 3. The molecule has 2 aliphatic heterocycles. The maximum atomic E-state index is 13.1. The van der Waals surface area contributed by atoms with E-state index in [0.29, 0.717) is 43.4 Å². The van der Waals surface area contributed by atoms with Crippen LogP contribution in [0.5, 0.6) is 0 Å². The zero-order valence-corrected chi connectivity index (χ0v) is 20.5. The van der Waals surface area contributed by atoms with Gasteiger partial charge in [-0.3, -0.25) is 9.69 Å². The third-order valence-corrected chi connectivity index (χ3v) is 8.67. The van der Waals surface area contributed by atoms with Gasteiger partial charge in [-0.1, -0.05) is 56.3 Å². The summed E-state index contributed by atoms with van der Waals surface area (Å²) in [5, 5.41) is 2.77. The van der Waals surface area contributed by atoms with Crippen LogP contribution in [-0.2, 0) is 21.2 Å². The Morgan fingerprint density at radius 3 is 2.24 bits per heavy atom. The van der Waals surface area contributed by atoms with Crippen molar-refractivity contribution < 1.29 is 18.0 Å². The monoisotopic (exact) mass is 484 g/mol. The van der Waals surface area contributed by atoms with Crippen LogP contribution in [0.1, 0.15) is 37.3 Å². The molecule has 2 saturated heterocycles. The van der Waals surface area contributed by atoms with Crippen molar-refractivity contribution in [2.24, 2.45) is 0 Å². The molecule has 0 aromatic heterocycles. The molecule has 2 fully saturated rings. The smallest absolute Gasteiger partial charge is 0.325 e. The van der Waals surface area contributed by atoms with Gasteiger partial charge in [-0.2, -0.15) is 4.31 Å². The van der Waals surface area contributed by atoms with E-state index >= 15 is 0 Å². The molecule has 0 unspecified atom stereocenters. The van der Waals surface area contributed by atoms with E-state index in [1.165, 1.54) is 9.21 Å². The van der Waals surface area contributed by atoms with Gasteiger partial charge in [0.1, 0.15) is 6.04 Å². The number of urea groups is 1. The van der Waals surface area contributed by atoms with Crippen molar-refractivity contribution in [2.45, 2.75) is 43.5 Å². The minimum atomic E-state index is -3.58. The van der Waals surface area contributed by atoms with Gasteiger partial charge in [-0.25, -0.2) is 18.1 Å². The van der Waals surface area contributed by atoms with E-state index in [1.54, 1.807) is 12.1 Å². The predicted octanol–water partition coefficient (Wildman–Crippen LogP) is 2.63. The van der Waals surface area contributed by atoms with Crippen LogP contribution in [0.2, 0.25) is 0 Å². The van der Waals surface area contributed by atoms with Crippen molar-refractivity contribution in [3.8, 4) is 0 Å². The Hall–Kier alpha value is -2.75. The molecule has 2 aromatic rings. The number of piperazine rings is 1. The maximum absolute atomic E-state index is 13.1. The summed E-state index contributed by atoms with van der Waals surface area (Å²) in [6.45, 7) is 5.91. The van der Waals surface area contributed by atoms with Crippen LogP contribution < -0.4 is 5.32 Å². The number of sulfonamides is 1. The average molecular weight is 485 g/mol. The number of nitrogens with one attached hydrogen (secondary N) is 1. The van der Waals surface area contributed by atoms with Crippen molar-refractivity contribution in [3.63, 3.8) is 0 Å². The number of hydrogen-bond donors (Lipinski definition) is 1. The summed E-state index contributed by atoms with van der Waals surface area (Å²) in [4.78, 5) is 28.7. The Kier molecular flexibility index (Phi) is 7.35. The largest absolute Gasteiger partial charge is 0.325 e. The summed E-state index contributed by atoms with van der Waals surface area (Å²) < 4.78 is 27.7. The van der Waals surface area contributed by atoms with E-state index in [9.17, 15) is 18.0 Å². The standard InChI is InChI=1S/C25H32N4O4S/c1-3-19(2)21-9-11-22(12-10-21)34(32,33)28-15-13-27(14-16-28)18-29-24(30)23(26-25(29)31)17-20-7-5-4-6-8-20/h4-12,19,23H,3,13-18H2,1-2H3,(H,26,31)/t19-,23-/m0/s1. The molecular formula is C25H32N4O4S. The Bertz CT molecular complexity index is 1110. The number of nitrogens with zero attached hydrogens (tertiary/aromatic N) is 3. The molecule has 0 aliphatic carbocycles. The van der Waals surface area contributed by atoms with Crippen LogP contribution in [0.3, 0.4) is 0 Å². The highest BCUT2D eigenvalue weighted by atomic mass is 32.2. The molecule has 0 spiro atoms. The third-order valence-electron chi connectivity index (χ3n) is 6.76. The van der Waals surface area contributed by atoms with Crippen LogP contribution in [-0.4, -0.2) is 73.4 Å². The summed E-state index contributed by atoms with van der Waals surface area (Å²) in [5.41, 5.74) is 2.12. The Labute approximate surface area is 201 Å². The summed E-state index contributed by atoms with van der Waals surface area (Å²) in [6, 6.07) is 15.8. The van der Waals surface area contributed by atoms with Crippen LogP contribution in [0, 0.1) is 0 Å². The van der Waals surface area contributed by atoms with Gasteiger partial charge in [0, 0.05) is 32.6 Å². The number of hydrogen-bond acceptors (Lipinski definition) is 5. The van der Waals surface area contributed by atoms with Gasteiger partial charge < -0.3 is 5.32 Å². The lowest BCUT2D eigenvalue weighted by Gasteiger charge is -2.35. The molecule has 0 bridgehead atoms. The van der Waals surface area contributed by atoms with Crippen molar-refractivity contribution in [3.05, 3.63) is 65.7 Å². The quantitative estimate of drug-likeness (QED) is 0.582. The summed E-state index contributed by atoms with van der Waals surface area (Å²) >= 11 is 0. The summed E-state index contributed by atoms with van der Waals surface area (Å²) in [6.07, 6.45) is 1.45. The number of carbonyl (C=O) groups is 2. The van der Waals surface area contributed by atoms with E-state index in [0.717, 1.165) is 17.5 Å². The normalized spacial score (nSPS) is 21.0. The van der Waals surface area contributed by atoms with Gasteiger partial charge in [0.2, 0.25) is 10.0 Å². The predicted molar refractivity (Wildman–Crippen MR) is 130 cm³/mol. The van der Waals surface area contributed by atoms with Gasteiger partial charge in [0.05, 0.1) is 11.6 Å². The molecule has 3 amide bonds. The average Bonchev–Trinajstić information content (AvgIpc) is 3.11. The van der Waals surface area contributed by atoms with Gasteiger partial charge in [0.25, 0.3) is 5.91 Å². The zero-order chi connectivity index (χ0) is 24.3. The molecule has 8 nitrogen and oxygen atoms in total. The van der Waals surface area contributed by atoms with Crippen LogP contribution >= 0.6 is 0 Å². The lowest BCUT2D eigenvalue weighted by atomic mass is 9.99. The summed E-state index contributed by atoms with van der Waals surface area (Å²) in [5.74, 6) is 0.142. The fraction of sp³-hybridized carbons (Fsp3) is 0.440. The molecule has 182 valence electrons. The molecule has 34 heavy (non-hydrogen) atoms. The highest BCUT2D eigenvalue weighted by Gasteiger charge is 2.39. The third kappa shape index (κ3) is 5.16. The second kappa shape index (κ2) is 10.2. The SMILES string of the molecule is CC[C@H](C)c1ccc(S(=O)(=O)N2CCN(CN3C(=O)N[C@@H](Cc4ccccc4)C3=O)CC2)cc1. The minimum Gasteiger partial charge on any atom is -0.325 e. The fourth-order valence-corrected chi connectivity index (χ4v) is 5.79. The van der Waals surface area contributed by atoms with Crippen molar-refractivity contribution in [1.29, 1.82) is 0 Å². The molecule has 0 saturated carbocycles. The molecule has 0 radical (unpaired) electrons. The Balaban J connectivity index is 1.33. The fourth-order valence-electron chi connectivity index (χ4n) is 4.36. The molecule has 4 rings (SSSR count). The van der Waals surface area contributed by atoms with Crippen molar-refractivity contribution in [2.75, 3.05) is 32.8 Å². The molecule has 2 atom stereocenters. The number of imide groups is 1. The first-order chi connectivity index (χ1) is 16.3. The first kappa shape index (κ1) is 24.4. The molecule has 2 heterocycles. The number of benzene rings is 2. The highest BCUT2D eigenvalue weighted by Crippen LogP contribution is 2.23. The molecule has 2 aromatic carbocycles. The minimum absolute atomic E-state index is 0.160. The lowest BCUT2D eigenvalue weighted by Crippen LogP contribution is -2.52. The van der Waals surface area contributed by atoms with Crippen molar-refractivity contribution >= 4 is 22.0 Å². The van der Waals surface area contributed by atoms with E-state index in [2.05, 4.69) is 19.2 Å². The van der Waals surface area contributed by atoms with Crippen LogP contribution in [0.15, 0.2) is 59.5 Å². The second-order valence-corrected chi connectivity index (χ2v) is 10.9. The number of carbonyl (C=O) groups excluding carboxylic acids is 2. The molecule has 1 N–H and O–H groups in total. The highest BCUT2D eigenvalue weighted by molar-refractivity contribution is 7.89. The lowest BCUT2D eigenvalue weighted by molar-refractivity contribution is -0.129. The Morgan fingerprint density at radius 2 is 1.62 bits per heavy atom. The maximum Gasteiger partial charge on any atom is 0.325 e. The second-order valence-electron chi connectivity index (χ2n) is 9.00. The van der Waals surface area contributed by atoms with Crippen LogP contribution in [0.25, 0.3) is 0 Å². The van der Waals surface area contributed by atoms with E-state index in [-0.39, 0.29) is 12.6 Å². The Morgan fingerprint density at radius 1 is 0.971 bits per heavy atom. The first-order valence-electron chi connectivity index (χ1n) is 11.8. The topological polar surface area (TPSA) is 90.0 Å². The molecule has 2 aliphatic rings. The number of rotatable bonds is 8. The van der Waals surface area contributed by atoms with Crippen molar-refractivity contribution in [1.82, 2.24) is 19.4 Å².